The van der Waals surface area contributed by atoms with Crippen LogP contribution < -0.4 is 5.32 Å². The second-order valence-electron chi connectivity index (χ2n) is 2.68. The van der Waals surface area contributed by atoms with E-state index in [9.17, 15) is 0 Å². The van der Waals surface area contributed by atoms with Crippen LogP contribution in [0.4, 0.5) is 0 Å². The Labute approximate surface area is 61.4 Å². The van der Waals surface area contributed by atoms with E-state index in [2.05, 4.69) is 12.2 Å². The SMILES string of the molecule is CCC1CNCC(O)CO1. The van der Waals surface area contributed by atoms with Gasteiger partial charge in [-0.3, -0.25) is 0 Å². The van der Waals surface area contributed by atoms with Gasteiger partial charge in [-0.1, -0.05) is 6.92 Å². The van der Waals surface area contributed by atoms with E-state index in [1.165, 1.54) is 0 Å². The molecule has 0 aliphatic carbocycles. The van der Waals surface area contributed by atoms with E-state index < -0.39 is 0 Å². The maximum absolute atomic E-state index is 9.11. The molecule has 2 atom stereocenters. The molecule has 3 heteroatoms. The average molecular weight is 145 g/mol. The van der Waals surface area contributed by atoms with Crippen LogP contribution >= 0.6 is 0 Å². The van der Waals surface area contributed by atoms with E-state index in [0.717, 1.165) is 13.0 Å². The van der Waals surface area contributed by atoms with Crippen LogP contribution in [0.2, 0.25) is 0 Å². The number of aliphatic hydroxyl groups is 1. The van der Waals surface area contributed by atoms with Crippen molar-refractivity contribution in [3.05, 3.63) is 0 Å². The number of rotatable bonds is 1. The molecule has 0 spiro atoms. The van der Waals surface area contributed by atoms with E-state index >= 15 is 0 Å². The molecule has 0 saturated carbocycles. The molecular weight excluding hydrogens is 130 g/mol. The Morgan fingerprint density at radius 2 is 2.40 bits per heavy atom. The zero-order chi connectivity index (χ0) is 7.40. The van der Waals surface area contributed by atoms with Crippen molar-refractivity contribution in [1.29, 1.82) is 0 Å². The van der Waals surface area contributed by atoms with Crippen molar-refractivity contribution in [2.75, 3.05) is 19.7 Å². The first-order chi connectivity index (χ1) is 4.83. The first-order valence-corrected chi connectivity index (χ1v) is 3.83. The van der Waals surface area contributed by atoms with Crippen molar-refractivity contribution in [3.8, 4) is 0 Å². The fraction of sp³-hybridized carbons (Fsp3) is 1.00. The maximum atomic E-state index is 9.11. The predicted octanol–water partition coefficient (Wildman–Crippen LogP) is -0.254. The minimum Gasteiger partial charge on any atom is -0.389 e. The molecule has 60 valence electrons. The van der Waals surface area contributed by atoms with E-state index in [4.69, 9.17) is 9.84 Å². The zero-order valence-corrected chi connectivity index (χ0v) is 6.34. The monoisotopic (exact) mass is 145 g/mol. The smallest absolute Gasteiger partial charge is 0.0897 e. The maximum Gasteiger partial charge on any atom is 0.0897 e. The van der Waals surface area contributed by atoms with Crippen molar-refractivity contribution in [2.24, 2.45) is 0 Å². The fourth-order valence-electron chi connectivity index (χ4n) is 1.04. The Kier molecular flexibility index (Phi) is 3.12. The number of β-amino-alcohol motifs (C(OH)–C–C–N with tert-alkyl or cyclic N) is 1. The molecule has 1 aliphatic heterocycles. The highest BCUT2D eigenvalue weighted by atomic mass is 16.5. The lowest BCUT2D eigenvalue weighted by atomic mass is 10.3. The van der Waals surface area contributed by atoms with Crippen molar-refractivity contribution in [2.45, 2.75) is 25.6 Å². The largest absolute Gasteiger partial charge is 0.389 e. The van der Waals surface area contributed by atoms with Gasteiger partial charge >= 0.3 is 0 Å². The summed E-state index contributed by atoms with van der Waals surface area (Å²) in [6.07, 6.45) is 0.980. The first-order valence-electron chi connectivity index (χ1n) is 3.83. The molecule has 2 unspecified atom stereocenters. The lowest BCUT2D eigenvalue weighted by Crippen LogP contribution is -2.28. The van der Waals surface area contributed by atoms with Gasteiger partial charge in [-0.2, -0.15) is 0 Å². The summed E-state index contributed by atoms with van der Waals surface area (Å²) in [5.41, 5.74) is 0. The predicted molar refractivity (Wildman–Crippen MR) is 38.9 cm³/mol. The van der Waals surface area contributed by atoms with Crippen LogP contribution in [0.25, 0.3) is 0 Å². The molecule has 1 aliphatic rings. The summed E-state index contributed by atoms with van der Waals surface area (Å²) in [5.74, 6) is 0. The second kappa shape index (κ2) is 3.91. The molecule has 1 fully saturated rings. The van der Waals surface area contributed by atoms with Gasteiger partial charge in [0.15, 0.2) is 0 Å². The van der Waals surface area contributed by atoms with Gasteiger partial charge in [0.05, 0.1) is 18.8 Å². The molecule has 10 heavy (non-hydrogen) atoms. The summed E-state index contributed by atoms with van der Waals surface area (Å²) in [6, 6.07) is 0. The van der Waals surface area contributed by atoms with Gasteiger partial charge in [0.2, 0.25) is 0 Å². The Hall–Kier alpha value is -0.120. The highest BCUT2D eigenvalue weighted by Gasteiger charge is 2.14. The van der Waals surface area contributed by atoms with Crippen LogP contribution in [0.5, 0.6) is 0 Å². The summed E-state index contributed by atoms with van der Waals surface area (Å²) >= 11 is 0. The third-order valence-corrected chi connectivity index (χ3v) is 1.73. The van der Waals surface area contributed by atoms with Gasteiger partial charge in [0, 0.05) is 13.1 Å². The highest BCUT2D eigenvalue weighted by molar-refractivity contribution is 4.68. The lowest BCUT2D eigenvalue weighted by Gasteiger charge is -2.11. The molecule has 1 heterocycles. The van der Waals surface area contributed by atoms with Crippen LogP contribution in [0.1, 0.15) is 13.3 Å². The summed E-state index contributed by atoms with van der Waals surface area (Å²) in [7, 11) is 0. The van der Waals surface area contributed by atoms with E-state index in [1.54, 1.807) is 0 Å². The normalized spacial score (nSPS) is 35.4. The van der Waals surface area contributed by atoms with Crippen LogP contribution in [-0.4, -0.2) is 37.0 Å². The number of hydrogen-bond donors (Lipinski definition) is 2. The quantitative estimate of drug-likeness (QED) is 0.534. The molecule has 0 radical (unpaired) electrons. The van der Waals surface area contributed by atoms with Crippen molar-refractivity contribution in [1.82, 2.24) is 5.32 Å². The van der Waals surface area contributed by atoms with Crippen LogP contribution in [0.15, 0.2) is 0 Å². The Bertz CT molecular complexity index is 97.6. The van der Waals surface area contributed by atoms with Crippen molar-refractivity contribution in [3.63, 3.8) is 0 Å². The number of ether oxygens (including phenoxy) is 1. The topological polar surface area (TPSA) is 41.5 Å². The van der Waals surface area contributed by atoms with E-state index in [0.29, 0.717) is 13.2 Å². The zero-order valence-electron chi connectivity index (χ0n) is 6.34. The van der Waals surface area contributed by atoms with Crippen LogP contribution in [0.3, 0.4) is 0 Å². The molecule has 2 N–H and O–H groups in total. The third kappa shape index (κ3) is 2.25. The summed E-state index contributed by atoms with van der Waals surface area (Å²) in [4.78, 5) is 0. The molecule has 1 rings (SSSR count). The number of hydrogen-bond acceptors (Lipinski definition) is 3. The number of nitrogens with one attached hydrogen (secondary N) is 1. The molecule has 0 bridgehead atoms. The standard InChI is InChI=1S/C7H15NO2/c1-2-7-4-8-3-6(9)5-10-7/h6-9H,2-5H2,1H3. The molecule has 0 aromatic carbocycles. The lowest BCUT2D eigenvalue weighted by molar-refractivity contribution is 0.0123. The molecule has 0 amide bonds. The van der Waals surface area contributed by atoms with Crippen molar-refractivity contribution < 1.29 is 9.84 Å². The average Bonchev–Trinajstić information content (AvgIpc) is 2.14. The second-order valence-corrected chi connectivity index (χ2v) is 2.68. The van der Waals surface area contributed by atoms with Gasteiger partial charge in [-0.25, -0.2) is 0 Å². The molecule has 0 aromatic heterocycles. The Morgan fingerprint density at radius 3 is 3.10 bits per heavy atom. The Balaban J connectivity index is 2.26. The van der Waals surface area contributed by atoms with Gasteiger partial charge in [-0.05, 0) is 6.42 Å². The fourth-order valence-corrected chi connectivity index (χ4v) is 1.04. The van der Waals surface area contributed by atoms with Gasteiger partial charge in [0.1, 0.15) is 0 Å². The van der Waals surface area contributed by atoms with Crippen LogP contribution in [0, 0.1) is 0 Å². The third-order valence-electron chi connectivity index (χ3n) is 1.73. The summed E-state index contributed by atoms with van der Waals surface area (Å²) < 4.78 is 5.35. The molecular formula is C7H15NO2. The minimum absolute atomic E-state index is 0.289. The van der Waals surface area contributed by atoms with Crippen molar-refractivity contribution >= 4 is 0 Å². The van der Waals surface area contributed by atoms with Gasteiger partial charge < -0.3 is 15.2 Å². The highest BCUT2D eigenvalue weighted by Crippen LogP contribution is 2.00. The van der Waals surface area contributed by atoms with E-state index in [1.807, 2.05) is 0 Å². The van der Waals surface area contributed by atoms with E-state index in [-0.39, 0.29) is 12.2 Å². The number of aliphatic hydroxyl groups excluding tert-OH is 1. The first kappa shape index (κ1) is 7.98. The van der Waals surface area contributed by atoms with Crippen LogP contribution in [-0.2, 0) is 4.74 Å². The molecule has 3 nitrogen and oxygen atoms in total. The Morgan fingerprint density at radius 1 is 1.60 bits per heavy atom. The summed E-state index contributed by atoms with van der Waals surface area (Å²) in [5, 5.41) is 12.2. The molecule has 0 aromatic rings. The molecule has 1 saturated heterocycles. The van der Waals surface area contributed by atoms with Gasteiger partial charge in [0.25, 0.3) is 0 Å². The van der Waals surface area contributed by atoms with Gasteiger partial charge in [-0.15, -0.1) is 0 Å². The summed E-state index contributed by atoms with van der Waals surface area (Å²) in [6.45, 7) is 4.10. The minimum atomic E-state index is -0.323.